The highest BCUT2D eigenvalue weighted by Gasteiger charge is 2.46. The molecule has 1 unspecified atom stereocenters. The Morgan fingerprint density at radius 2 is 1.75 bits per heavy atom. The second-order valence-electron chi connectivity index (χ2n) is 8.28. The van der Waals surface area contributed by atoms with Gasteiger partial charge in [0, 0.05) is 24.5 Å². The van der Waals surface area contributed by atoms with Crippen molar-refractivity contribution in [3.63, 3.8) is 0 Å². The number of ether oxygens (including phenoxy) is 1. The van der Waals surface area contributed by atoms with Crippen molar-refractivity contribution in [1.29, 1.82) is 0 Å². The number of benzene rings is 2. The van der Waals surface area contributed by atoms with Crippen LogP contribution >= 0.6 is 0 Å². The van der Waals surface area contributed by atoms with Crippen molar-refractivity contribution in [2.75, 3.05) is 6.61 Å². The number of aliphatic hydroxyl groups excluding tert-OH is 1. The molecule has 4 rings (SSSR count). The molecule has 0 saturated carbocycles. The van der Waals surface area contributed by atoms with Crippen molar-refractivity contribution in [3.05, 3.63) is 101 Å². The molecular formula is C27H23F3N2O4. The summed E-state index contributed by atoms with van der Waals surface area (Å²) in [5.41, 5.74) is -0.0263. The molecule has 1 aliphatic heterocycles. The lowest BCUT2D eigenvalue weighted by Crippen LogP contribution is -2.29. The number of carbonyl (C=O) groups excluding carboxylic acids is 2. The van der Waals surface area contributed by atoms with Gasteiger partial charge >= 0.3 is 6.18 Å². The summed E-state index contributed by atoms with van der Waals surface area (Å²) in [6, 6.07) is 13.2. The second kappa shape index (κ2) is 10.2. The summed E-state index contributed by atoms with van der Waals surface area (Å²) in [6.45, 7) is 2.23. The van der Waals surface area contributed by atoms with Gasteiger partial charge in [0.05, 0.1) is 23.8 Å². The number of alkyl halides is 3. The fourth-order valence-electron chi connectivity index (χ4n) is 4.06. The maximum absolute atomic E-state index is 13.2. The first-order valence-electron chi connectivity index (χ1n) is 11.3. The number of aliphatic hydroxyl groups is 1. The Labute approximate surface area is 205 Å². The van der Waals surface area contributed by atoms with E-state index >= 15 is 0 Å². The Morgan fingerprint density at radius 3 is 2.39 bits per heavy atom. The molecule has 186 valence electrons. The van der Waals surface area contributed by atoms with E-state index in [1.54, 1.807) is 36.4 Å². The fourth-order valence-corrected chi connectivity index (χ4v) is 4.06. The first-order valence-corrected chi connectivity index (χ1v) is 11.3. The van der Waals surface area contributed by atoms with Crippen LogP contribution in [0.3, 0.4) is 0 Å². The second-order valence-corrected chi connectivity index (χ2v) is 8.28. The van der Waals surface area contributed by atoms with Gasteiger partial charge in [-0.15, -0.1) is 0 Å². The minimum Gasteiger partial charge on any atom is -0.507 e. The van der Waals surface area contributed by atoms with E-state index < -0.39 is 29.5 Å². The molecule has 1 aliphatic rings. The Kier molecular flexibility index (Phi) is 7.10. The lowest BCUT2D eigenvalue weighted by Gasteiger charge is -2.25. The zero-order valence-electron chi connectivity index (χ0n) is 19.3. The monoisotopic (exact) mass is 496 g/mol. The number of aromatic nitrogens is 1. The van der Waals surface area contributed by atoms with E-state index in [4.69, 9.17) is 4.74 Å². The number of likely N-dealkylation sites (tertiary alicyclic amines) is 1. The van der Waals surface area contributed by atoms with E-state index in [-0.39, 0.29) is 23.4 Å². The standard InChI is InChI=1S/C27H23F3N2O4/c1-2-14-36-21-8-6-19(7-9-21)24(33)22-23(18-10-12-31-13-11-18)32(26(35)25(22)34)16-17-4-3-5-20(15-17)27(28,29)30/h3-13,15,23,33H,2,14,16H2,1H3/b24-22+. The number of halogens is 3. The van der Waals surface area contributed by atoms with E-state index in [1.165, 1.54) is 24.5 Å². The number of Topliss-reactive ketones (excluding diaryl/α,β-unsaturated/α-hetero) is 1. The van der Waals surface area contributed by atoms with Crippen LogP contribution in [0, 0.1) is 0 Å². The number of nitrogens with zero attached hydrogens (tertiary/aromatic N) is 2. The molecule has 0 radical (unpaired) electrons. The molecule has 2 heterocycles. The molecular weight excluding hydrogens is 473 g/mol. The van der Waals surface area contributed by atoms with Crippen LogP contribution in [0.2, 0.25) is 0 Å². The summed E-state index contributed by atoms with van der Waals surface area (Å²) in [7, 11) is 0. The molecule has 2 aromatic carbocycles. The van der Waals surface area contributed by atoms with Gasteiger partial charge in [-0.25, -0.2) is 0 Å². The fraction of sp³-hybridized carbons (Fsp3) is 0.222. The zero-order valence-corrected chi connectivity index (χ0v) is 19.3. The van der Waals surface area contributed by atoms with Gasteiger partial charge in [0.25, 0.3) is 11.7 Å². The van der Waals surface area contributed by atoms with E-state index in [9.17, 15) is 27.9 Å². The van der Waals surface area contributed by atoms with Gasteiger partial charge in [-0.3, -0.25) is 14.6 Å². The van der Waals surface area contributed by atoms with Crippen molar-refractivity contribution in [1.82, 2.24) is 9.88 Å². The van der Waals surface area contributed by atoms with Crippen LogP contribution in [0.1, 0.15) is 41.6 Å². The van der Waals surface area contributed by atoms with Crippen LogP contribution in [0.15, 0.2) is 78.6 Å². The van der Waals surface area contributed by atoms with Gasteiger partial charge in [-0.05, 0) is 66.1 Å². The predicted molar refractivity (Wildman–Crippen MR) is 126 cm³/mol. The van der Waals surface area contributed by atoms with Crippen molar-refractivity contribution >= 4 is 17.4 Å². The lowest BCUT2D eigenvalue weighted by atomic mass is 9.95. The smallest absolute Gasteiger partial charge is 0.416 e. The van der Waals surface area contributed by atoms with Crippen LogP contribution in [-0.4, -0.2) is 33.3 Å². The Bertz CT molecular complexity index is 1290. The zero-order chi connectivity index (χ0) is 25.9. The summed E-state index contributed by atoms with van der Waals surface area (Å²) < 4.78 is 45.2. The maximum Gasteiger partial charge on any atom is 0.416 e. The number of hydrogen-bond donors (Lipinski definition) is 1. The van der Waals surface area contributed by atoms with Crippen molar-refractivity contribution in [3.8, 4) is 5.75 Å². The SMILES string of the molecule is CCCOc1ccc(/C(O)=C2\C(=O)C(=O)N(Cc3cccc(C(F)(F)F)c3)C2c2ccncc2)cc1. The molecule has 36 heavy (non-hydrogen) atoms. The van der Waals surface area contributed by atoms with Crippen LogP contribution in [0.25, 0.3) is 5.76 Å². The molecule has 1 fully saturated rings. The van der Waals surface area contributed by atoms with Crippen LogP contribution in [0.4, 0.5) is 13.2 Å². The highest BCUT2D eigenvalue weighted by atomic mass is 19.4. The number of rotatable bonds is 7. The van der Waals surface area contributed by atoms with Crippen molar-refractivity contribution in [2.45, 2.75) is 32.1 Å². The molecule has 0 aliphatic carbocycles. The number of ketones is 1. The van der Waals surface area contributed by atoms with E-state index in [2.05, 4.69) is 4.98 Å². The average molecular weight is 496 g/mol. The maximum atomic E-state index is 13.2. The molecule has 0 bridgehead atoms. The van der Waals surface area contributed by atoms with Gasteiger partial charge in [0.15, 0.2) is 0 Å². The number of carbonyl (C=O) groups is 2. The van der Waals surface area contributed by atoms with Gasteiger partial charge in [0.1, 0.15) is 11.5 Å². The molecule has 1 amide bonds. The first kappa shape index (κ1) is 25.0. The number of hydrogen-bond acceptors (Lipinski definition) is 5. The third-order valence-electron chi connectivity index (χ3n) is 5.77. The molecule has 0 spiro atoms. The normalized spacial score (nSPS) is 17.4. The molecule has 1 saturated heterocycles. The topological polar surface area (TPSA) is 79.7 Å². The van der Waals surface area contributed by atoms with Gasteiger partial charge < -0.3 is 14.7 Å². The summed E-state index contributed by atoms with van der Waals surface area (Å²) >= 11 is 0. The van der Waals surface area contributed by atoms with Crippen LogP contribution in [-0.2, 0) is 22.3 Å². The lowest BCUT2D eigenvalue weighted by molar-refractivity contribution is -0.140. The Morgan fingerprint density at radius 1 is 1.06 bits per heavy atom. The van der Waals surface area contributed by atoms with E-state index in [0.717, 1.165) is 23.5 Å². The number of pyridine rings is 1. The number of amides is 1. The highest BCUT2D eigenvalue weighted by molar-refractivity contribution is 6.46. The van der Waals surface area contributed by atoms with Crippen molar-refractivity contribution < 1.29 is 32.6 Å². The minimum absolute atomic E-state index is 0.152. The molecule has 3 aromatic rings. The Hall–Kier alpha value is -4.14. The van der Waals surface area contributed by atoms with Crippen molar-refractivity contribution in [2.24, 2.45) is 0 Å². The van der Waals surface area contributed by atoms with Gasteiger partial charge in [-0.1, -0.05) is 19.1 Å². The molecule has 1 N–H and O–H groups in total. The van der Waals surface area contributed by atoms with Gasteiger partial charge in [-0.2, -0.15) is 13.2 Å². The largest absolute Gasteiger partial charge is 0.507 e. The molecule has 1 atom stereocenters. The quantitative estimate of drug-likeness (QED) is 0.265. The third kappa shape index (κ3) is 5.10. The third-order valence-corrected chi connectivity index (χ3v) is 5.77. The highest BCUT2D eigenvalue weighted by Crippen LogP contribution is 2.40. The average Bonchev–Trinajstić information content (AvgIpc) is 3.12. The van der Waals surface area contributed by atoms with Crippen LogP contribution < -0.4 is 4.74 Å². The summed E-state index contributed by atoms with van der Waals surface area (Å²) in [6.07, 6.45) is -0.788. The molecule has 6 nitrogen and oxygen atoms in total. The predicted octanol–water partition coefficient (Wildman–Crippen LogP) is 5.51. The first-order chi connectivity index (χ1) is 17.2. The molecule has 1 aromatic heterocycles. The van der Waals surface area contributed by atoms with E-state index in [1.807, 2.05) is 6.92 Å². The molecule has 9 heteroatoms. The Balaban J connectivity index is 1.76. The minimum atomic E-state index is -4.55. The van der Waals surface area contributed by atoms with Gasteiger partial charge in [0.2, 0.25) is 0 Å². The summed E-state index contributed by atoms with van der Waals surface area (Å²) in [4.78, 5) is 31.3. The van der Waals surface area contributed by atoms with Crippen LogP contribution in [0.5, 0.6) is 5.75 Å². The summed E-state index contributed by atoms with van der Waals surface area (Å²) in [5, 5.41) is 11.1. The van der Waals surface area contributed by atoms with E-state index in [0.29, 0.717) is 23.5 Å². The summed E-state index contributed by atoms with van der Waals surface area (Å²) in [5.74, 6) is -1.64.